The molecule has 0 rings (SSSR count). The van der Waals surface area contributed by atoms with Crippen molar-refractivity contribution in [2.45, 2.75) is 71.5 Å². The first-order valence-corrected chi connectivity index (χ1v) is 11.8. The van der Waals surface area contributed by atoms with E-state index < -0.39 is 51.4 Å². The van der Waals surface area contributed by atoms with E-state index in [4.69, 9.17) is 18.8 Å². The lowest BCUT2D eigenvalue weighted by molar-refractivity contribution is -0.187. The van der Waals surface area contributed by atoms with E-state index in [1.807, 2.05) is 6.92 Å². The lowest BCUT2D eigenvalue weighted by Gasteiger charge is -2.40. The van der Waals surface area contributed by atoms with Crippen molar-refractivity contribution in [3.05, 3.63) is 25.3 Å². The van der Waals surface area contributed by atoms with Gasteiger partial charge < -0.3 is 14.2 Å². The number of hydrogen-bond acceptors (Lipinski definition) is 8. The van der Waals surface area contributed by atoms with Crippen LogP contribution >= 0.6 is 0 Å². The fourth-order valence-corrected chi connectivity index (χ4v) is 3.69. The van der Waals surface area contributed by atoms with Crippen molar-refractivity contribution < 1.29 is 41.6 Å². The molecule has 0 amide bonds. The van der Waals surface area contributed by atoms with Crippen LogP contribution in [0.3, 0.4) is 0 Å². The van der Waals surface area contributed by atoms with Gasteiger partial charge in [-0.15, -0.1) is 0 Å². The van der Waals surface area contributed by atoms with E-state index in [1.165, 1.54) is 13.8 Å². The van der Waals surface area contributed by atoms with Crippen molar-refractivity contribution in [2.24, 2.45) is 5.41 Å². The van der Waals surface area contributed by atoms with Gasteiger partial charge in [0.1, 0.15) is 17.6 Å². The summed E-state index contributed by atoms with van der Waals surface area (Å²) in [4.78, 5) is 36.9. The first-order chi connectivity index (χ1) is 14.4. The summed E-state index contributed by atoms with van der Waals surface area (Å²) in [6.07, 6.45) is 3.13. The van der Waals surface area contributed by atoms with E-state index in [1.54, 1.807) is 0 Å². The zero-order chi connectivity index (χ0) is 24.1. The summed E-state index contributed by atoms with van der Waals surface area (Å²) in [5.74, 6) is -2.89. The van der Waals surface area contributed by atoms with Crippen LogP contribution in [0, 0.1) is 5.41 Å². The van der Waals surface area contributed by atoms with Gasteiger partial charge in [0.05, 0.1) is 12.4 Å². The highest BCUT2D eigenvalue weighted by molar-refractivity contribution is 7.85. The standard InChI is InChI=1S/C21H34O9S/c1-6-9-10-11-13-21(16(4)29-18(22)7-2,17(5)30-19(23)8-3)20(24)28-14-12-15-31(25,26)27/h7-8,16-17H,2-3,6,9-15H2,1,4-5H3,(H,25,26,27). The smallest absolute Gasteiger partial charge is 0.330 e. The van der Waals surface area contributed by atoms with E-state index in [2.05, 4.69) is 13.2 Å². The molecule has 0 aliphatic carbocycles. The third kappa shape index (κ3) is 10.1. The second-order valence-corrected chi connectivity index (χ2v) is 8.77. The molecule has 178 valence electrons. The third-order valence-corrected chi connectivity index (χ3v) is 5.78. The Hall–Kier alpha value is -2.20. The van der Waals surface area contributed by atoms with Crippen molar-refractivity contribution >= 4 is 28.0 Å². The fourth-order valence-electron chi connectivity index (χ4n) is 3.21. The molecule has 9 nitrogen and oxygen atoms in total. The van der Waals surface area contributed by atoms with Gasteiger partial charge in [0.15, 0.2) is 0 Å². The number of carbonyl (C=O) groups excluding carboxylic acids is 3. The van der Waals surface area contributed by atoms with Crippen LogP contribution in [0.5, 0.6) is 0 Å². The average molecular weight is 463 g/mol. The van der Waals surface area contributed by atoms with Gasteiger partial charge in [-0.2, -0.15) is 8.42 Å². The van der Waals surface area contributed by atoms with Gasteiger partial charge in [0.25, 0.3) is 10.1 Å². The summed E-state index contributed by atoms with van der Waals surface area (Å²) in [6.45, 7) is 11.4. The molecule has 2 unspecified atom stereocenters. The van der Waals surface area contributed by atoms with Gasteiger partial charge in [0.2, 0.25) is 0 Å². The fraction of sp³-hybridized carbons (Fsp3) is 0.667. The zero-order valence-electron chi connectivity index (χ0n) is 18.5. The van der Waals surface area contributed by atoms with Gasteiger partial charge >= 0.3 is 17.9 Å². The highest BCUT2D eigenvalue weighted by Gasteiger charge is 2.53. The van der Waals surface area contributed by atoms with Crippen LogP contribution in [-0.2, 0) is 38.7 Å². The van der Waals surface area contributed by atoms with E-state index in [9.17, 15) is 22.8 Å². The molecule has 0 fully saturated rings. The lowest BCUT2D eigenvalue weighted by atomic mass is 9.73. The summed E-state index contributed by atoms with van der Waals surface area (Å²) in [6, 6.07) is 0. The number of ether oxygens (including phenoxy) is 3. The Balaban J connectivity index is 5.87. The number of rotatable bonds is 16. The molecule has 0 heterocycles. The molecular formula is C21H34O9S. The highest BCUT2D eigenvalue weighted by Crippen LogP contribution is 2.39. The number of hydrogen-bond donors (Lipinski definition) is 1. The highest BCUT2D eigenvalue weighted by atomic mass is 32.2. The van der Waals surface area contributed by atoms with Crippen molar-refractivity contribution in [1.82, 2.24) is 0 Å². The van der Waals surface area contributed by atoms with Crippen molar-refractivity contribution in [2.75, 3.05) is 12.4 Å². The number of unbranched alkanes of at least 4 members (excludes halogenated alkanes) is 3. The van der Waals surface area contributed by atoms with E-state index in [-0.39, 0.29) is 19.4 Å². The zero-order valence-corrected chi connectivity index (χ0v) is 19.3. The molecule has 0 spiro atoms. The molecule has 0 aromatic heterocycles. The molecule has 0 radical (unpaired) electrons. The van der Waals surface area contributed by atoms with Crippen molar-refractivity contribution in [3.63, 3.8) is 0 Å². The third-order valence-electron chi connectivity index (χ3n) is 4.97. The summed E-state index contributed by atoms with van der Waals surface area (Å²) in [7, 11) is -4.20. The van der Waals surface area contributed by atoms with Crippen LogP contribution in [0.2, 0.25) is 0 Å². The molecular weight excluding hydrogens is 428 g/mol. The Kier molecular flexibility index (Phi) is 13.0. The van der Waals surface area contributed by atoms with E-state index in [0.717, 1.165) is 31.4 Å². The maximum atomic E-state index is 13.2. The molecule has 31 heavy (non-hydrogen) atoms. The minimum absolute atomic E-state index is 0.127. The SMILES string of the molecule is C=CC(=O)OC(C)C(CCCCCC)(C(=O)OCCCS(=O)(=O)O)C(C)OC(=O)C=C. The molecule has 0 bridgehead atoms. The van der Waals surface area contributed by atoms with E-state index >= 15 is 0 Å². The Morgan fingerprint density at radius 1 is 0.968 bits per heavy atom. The molecule has 0 aromatic rings. The van der Waals surface area contributed by atoms with Crippen molar-refractivity contribution in [3.8, 4) is 0 Å². The summed E-state index contributed by atoms with van der Waals surface area (Å²) in [5.41, 5.74) is -1.54. The minimum atomic E-state index is -4.20. The van der Waals surface area contributed by atoms with Crippen LogP contribution in [0.4, 0.5) is 0 Å². The van der Waals surface area contributed by atoms with E-state index in [0.29, 0.717) is 6.42 Å². The lowest BCUT2D eigenvalue weighted by Crippen LogP contribution is -2.53. The first-order valence-electron chi connectivity index (χ1n) is 10.2. The molecule has 0 aromatic carbocycles. The van der Waals surface area contributed by atoms with Crippen LogP contribution in [-0.4, -0.2) is 55.4 Å². The maximum absolute atomic E-state index is 13.2. The number of carbonyl (C=O) groups is 3. The van der Waals surface area contributed by atoms with Crippen molar-refractivity contribution in [1.29, 1.82) is 0 Å². The monoisotopic (exact) mass is 462 g/mol. The summed E-state index contributed by atoms with van der Waals surface area (Å²) in [5, 5.41) is 0. The molecule has 0 saturated heterocycles. The molecule has 10 heteroatoms. The Bertz CT molecular complexity index is 699. The Morgan fingerprint density at radius 3 is 1.90 bits per heavy atom. The van der Waals surface area contributed by atoms with Gasteiger partial charge in [0, 0.05) is 12.2 Å². The van der Waals surface area contributed by atoms with Crippen LogP contribution in [0.25, 0.3) is 0 Å². The largest absolute Gasteiger partial charge is 0.465 e. The predicted octanol–water partition coefficient (Wildman–Crippen LogP) is 3.00. The van der Waals surface area contributed by atoms with Gasteiger partial charge in [-0.25, -0.2) is 9.59 Å². The molecule has 1 N–H and O–H groups in total. The topological polar surface area (TPSA) is 133 Å². The average Bonchev–Trinajstić information content (AvgIpc) is 2.69. The Morgan fingerprint density at radius 2 is 1.48 bits per heavy atom. The normalized spacial score (nSPS) is 15.1. The first kappa shape index (κ1) is 28.8. The summed E-state index contributed by atoms with van der Waals surface area (Å²) < 4.78 is 46.5. The maximum Gasteiger partial charge on any atom is 0.330 e. The molecule has 2 atom stereocenters. The van der Waals surface area contributed by atoms with Crippen LogP contribution in [0.15, 0.2) is 25.3 Å². The van der Waals surface area contributed by atoms with Gasteiger partial charge in [-0.3, -0.25) is 9.35 Å². The van der Waals surface area contributed by atoms with Crippen LogP contribution < -0.4 is 0 Å². The molecule has 0 aliphatic rings. The quantitative estimate of drug-likeness (QED) is 0.121. The second-order valence-electron chi connectivity index (χ2n) is 7.19. The molecule has 0 aliphatic heterocycles. The Labute approximate surface area is 184 Å². The predicted molar refractivity (Wildman–Crippen MR) is 115 cm³/mol. The second kappa shape index (κ2) is 14.0. The number of esters is 3. The summed E-state index contributed by atoms with van der Waals surface area (Å²) >= 11 is 0. The van der Waals surface area contributed by atoms with Gasteiger partial charge in [-0.1, -0.05) is 45.8 Å². The molecule has 0 saturated carbocycles. The minimum Gasteiger partial charge on any atom is -0.465 e. The van der Waals surface area contributed by atoms with Gasteiger partial charge in [-0.05, 0) is 26.7 Å². The van der Waals surface area contributed by atoms with Crippen LogP contribution in [0.1, 0.15) is 59.3 Å².